The minimum Gasteiger partial charge on any atom is -0.298 e. The second-order valence-electron chi connectivity index (χ2n) is 8.07. The SMILES string of the molecule is CC(=O)[C@H]1CCCCN1Cc1cnc2cc(C(C)(C)C)ccn2c1=O. The maximum Gasteiger partial charge on any atom is 0.262 e. The van der Waals surface area contributed by atoms with Gasteiger partial charge in [-0.1, -0.05) is 27.2 Å². The van der Waals surface area contributed by atoms with E-state index in [-0.39, 0.29) is 22.8 Å². The number of fused-ring (bicyclic) bond motifs is 1. The number of carbonyl (C=O) groups excluding carboxylic acids is 1. The number of Topliss-reactive ketones (excluding diaryl/α,β-unsaturated/α-hetero) is 1. The molecule has 0 amide bonds. The summed E-state index contributed by atoms with van der Waals surface area (Å²) in [7, 11) is 0. The van der Waals surface area contributed by atoms with Gasteiger partial charge in [0.1, 0.15) is 11.4 Å². The Bertz CT molecular complexity index is 848. The largest absolute Gasteiger partial charge is 0.298 e. The Labute approximate surface area is 148 Å². The number of likely N-dealkylation sites (tertiary alicyclic amines) is 1. The topological polar surface area (TPSA) is 54.7 Å². The summed E-state index contributed by atoms with van der Waals surface area (Å²) in [5.41, 5.74) is 2.44. The van der Waals surface area contributed by atoms with Crippen LogP contribution in [0.2, 0.25) is 0 Å². The maximum atomic E-state index is 12.9. The fourth-order valence-electron chi connectivity index (χ4n) is 3.55. The molecule has 2 aromatic rings. The molecule has 25 heavy (non-hydrogen) atoms. The molecule has 3 rings (SSSR count). The summed E-state index contributed by atoms with van der Waals surface area (Å²) in [5, 5.41) is 0. The Balaban J connectivity index is 1.94. The monoisotopic (exact) mass is 341 g/mol. The van der Waals surface area contributed by atoms with Gasteiger partial charge in [0.25, 0.3) is 5.56 Å². The highest BCUT2D eigenvalue weighted by Crippen LogP contribution is 2.23. The van der Waals surface area contributed by atoms with Crippen molar-refractivity contribution in [1.29, 1.82) is 0 Å². The van der Waals surface area contributed by atoms with Gasteiger partial charge in [-0.25, -0.2) is 4.98 Å². The van der Waals surface area contributed by atoms with Crippen LogP contribution in [0.4, 0.5) is 0 Å². The average molecular weight is 341 g/mol. The second-order valence-corrected chi connectivity index (χ2v) is 8.07. The Kier molecular flexibility index (Phi) is 4.78. The lowest BCUT2D eigenvalue weighted by Crippen LogP contribution is -2.44. The first-order valence-electron chi connectivity index (χ1n) is 9.02. The summed E-state index contributed by atoms with van der Waals surface area (Å²) >= 11 is 0. The third-order valence-corrected chi connectivity index (χ3v) is 5.10. The highest BCUT2D eigenvalue weighted by Gasteiger charge is 2.26. The van der Waals surface area contributed by atoms with Gasteiger partial charge < -0.3 is 0 Å². The van der Waals surface area contributed by atoms with Crippen molar-refractivity contribution in [3.05, 3.63) is 46.0 Å². The Morgan fingerprint density at radius 3 is 2.76 bits per heavy atom. The Hall–Kier alpha value is -2.01. The molecular formula is C20H27N3O2. The van der Waals surface area contributed by atoms with Crippen molar-refractivity contribution >= 4 is 11.4 Å². The van der Waals surface area contributed by atoms with E-state index >= 15 is 0 Å². The van der Waals surface area contributed by atoms with Crippen molar-refractivity contribution < 1.29 is 4.79 Å². The van der Waals surface area contributed by atoms with Crippen LogP contribution in [-0.4, -0.2) is 32.7 Å². The Morgan fingerprint density at radius 1 is 1.32 bits per heavy atom. The Morgan fingerprint density at radius 2 is 2.08 bits per heavy atom. The average Bonchev–Trinajstić information content (AvgIpc) is 2.56. The van der Waals surface area contributed by atoms with Crippen LogP contribution in [0.15, 0.2) is 29.3 Å². The molecule has 1 aliphatic heterocycles. The molecule has 0 radical (unpaired) electrons. The number of rotatable bonds is 3. The standard InChI is InChI=1S/C20H27N3O2/c1-14(24)17-7-5-6-9-22(17)13-15-12-21-18-11-16(20(2,3)4)8-10-23(18)19(15)25/h8,10-12,17H,5-7,9,13H2,1-4H3/t17-/m1/s1. The molecule has 5 nitrogen and oxygen atoms in total. The van der Waals surface area contributed by atoms with E-state index in [0.29, 0.717) is 17.8 Å². The molecule has 0 aromatic carbocycles. The zero-order chi connectivity index (χ0) is 18.2. The number of hydrogen-bond acceptors (Lipinski definition) is 4. The minimum atomic E-state index is -0.0721. The molecule has 5 heteroatoms. The van der Waals surface area contributed by atoms with Crippen LogP contribution < -0.4 is 5.56 Å². The predicted molar refractivity (Wildman–Crippen MR) is 98.9 cm³/mol. The third kappa shape index (κ3) is 3.66. The summed E-state index contributed by atoms with van der Waals surface area (Å²) in [5.74, 6) is 0.184. The first-order chi connectivity index (χ1) is 11.8. The summed E-state index contributed by atoms with van der Waals surface area (Å²) in [6.45, 7) is 9.41. The molecule has 1 fully saturated rings. The molecule has 0 bridgehead atoms. The van der Waals surface area contributed by atoms with Gasteiger partial charge in [-0.2, -0.15) is 0 Å². The highest BCUT2D eigenvalue weighted by molar-refractivity contribution is 5.81. The van der Waals surface area contributed by atoms with Gasteiger partial charge in [-0.05, 0) is 49.4 Å². The number of pyridine rings is 1. The van der Waals surface area contributed by atoms with Crippen LogP contribution in [0.5, 0.6) is 0 Å². The van der Waals surface area contributed by atoms with Gasteiger partial charge in [0.15, 0.2) is 0 Å². The fraction of sp³-hybridized carbons (Fsp3) is 0.550. The number of carbonyl (C=O) groups is 1. The number of hydrogen-bond donors (Lipinski definition) is 0. The zero-order valence-corrected chi connectivity index (χ0v) is 15.6. The molecule has 1 saturated heterocycles. The summed E-state index contributed by atoms with van der Waals surface area (Å²) < 4.78 is 1.61. The van der Waals surface area contributed by atoms with E-state index in [1.807, 2.05) is 18.3 Å². The molecule has 0 aliphatic carbocycles. The van der Waals surface area contributed by atoms with E-state index in [1.54, 1.807) is 17.5 Å². The van der Waals surface area contributed by atoms with E-state index < -0.39 is 0 Å². The van der Waals surface area contributed by atoms with Gasteiger partial charge in [0.2, 0.25) is 0 Å². The number of piperidine rings is 1. The minimum absolute atomic E-state index is 0.0145. The molecule has 0 saturated carbocycles. The van der Waals surface area contributed by atoms with Gasteiger partial charge in [-0.15, -0.1) is 0 Å². The number of aromatic nitrogens is 2. The quantitative estimate of drug-likeness (QED) is 0.861. The van der Waals surface area contributed by atoms with Crippen molar-refractivity contribution in [2.45, 2.75) is 65.0 Å². The predicted octanol–water partition coefficient (Wildman–Crippen LogP) is 2.94. The molecule has 134 valence electrons. The van der Waals surface area contributed by atoms with Crippen molar-refractivity contribution in [2.75, 3.05) is 6.54 Å². The van der Waals surface area contributed by atoms with Crippen LogP contribution in [0.1, 0.15) is 58.1 Å². The van der Waals surface area contributed by atoms with Crippen molar-refractivity contribution in [3.63, 3.8) is 0 Å². The summed E-state index contributed by atoms with van der Waals surface area (Å²) in [6, 6.07) is 3.89. The van der Waals surface area contributed by atoms with Crippen molar-refractivity contribution in [2.24, 2.45) is 0 Å². The molecule has 2 aromatic heterocycles. The molecule has 3 heterocycles. The molecule has 1 atom stereocenters. The van der Waals surface area contributed by atoms with Crippen molar-refractivity contribution in [3.8, 4) is 0 Å². The normalized spacial score (nSPS) is 19.3. The van der Waals surface area contributed by atoms with E-state index in [1.165, 1.54) is 0 Å². The van der Waals surface area contributed by atoms with Crippen molar-refractivity contribution in [1.82, 2.24) is 14.3 Å². The van der Waals surface area contributed by atoms with Crippen LogP contribution >= 0.6 is 0 Å². The summed E-state index contributed by atoms with van der Waals surface area (Å²) in [6.07, 6.45) is 6.52. The second kappa shape index (κ2) is 6.71. The van der Waals surface area contributed by atoms with Gasteiger partial charge in [-0.3, -0.25) is 18.9 Å². The van der Waals surface area contributed by atoms with Gasteiger partial charge in [0, 0.05) is 18.9 Å². The van der Waals surface area contributed by atoms with Gasteiger partial charge >= 0.3 is 0 Å². The fourth-order valence-corrected chi connectivity index (χ4v) is 3.55. The molecule has 0 N–H and O–H groups in total. The first-order valence-corrected chi connectivity index (χ1v) is 9.02. The smallest absolute Gasteiger partial charge is 0.262 e. The lowest BCUT2D eigenvalue weighted by atomic mass is 9.88. The zero-order valence-electron chi connectivity index (χ0n) is 15.6. The lowest BCUT2D eigenvalue weighted by molar-refractivity contribution is -0.123. The number of ketones is 1. The number of nitrogens with zero attached hydrogens (tertiary/aromatic N) is 3. The van der Waals surface area contributed by atoms with Crippen LogP contribution in [0, 0.1) is 0 Å². The summed E-state index contributed by atoms with van der Waals surface area (Å²) in [4.78, 5) is 31.4. The third-order valence-electron chi connectivity index (χ3n) is 5.10. The highest BCUT2D eigenvalue weighted by atomic mass is 16.1. The van der Waals surface area contributed by atoms with E-state index in [0.717, 1.165) is 31.4 Å². The molecule has 0 spiro atoms. The first kappa shape index (κ1) is 17.8. The van der Waals surface area contributed by atoms with Crippen LogP contribution in [0.25, 0.3) is 5.65 Å². The molecule has 0 unspecified atom stereocenters. The van der Waals surface area contributed by atoms with E-state index in [4.69, 9.17) is 0 Å². The van der Waals surface area contributed by atoms with Gasteiger partial charge in [0.05, 0.1) is 11.6 Å². The lowest BCUT2D eigenvalue weighted by Gasteiger charge is -2.33. The van der Waals surface area contributed by atoms with E-state index in [2.05, 4.69) is 30.7 Å². The molecule has 1 aliphatic rings. The van der Waals surface area contributed by atoms with E-state index in [9.17, 15) is 9.59 Å². The molecular weight excluding hydrogens is 314 g/mol. The maximum absolute atomic E-state index is 12.9. The van der Waals surface area contributed by atoms with Crippen LogP contribution in [0.3, 0.4) is 0 Å². The van der Waals surface area contributed by atoms with Crippen LogP contribution in [-0.2, 0) is 16.8 Å².